The monoisotopic (exact) mass is 275 g/mol. The predicted octanol–water partition coefficient (Wildman–Crippen LogP) is 3.57. The van der Waals surface area contributed by atoms with E-state index in [2.05, 4.69) is 9.72 Å². The van der Waals surface area contributed by atoms with Gasteiger partial charge in [-0.25, -0.2) is 4.79 Å². The van der Waals surface area contributed by atoms with Gasteiger partial charge in [0, 0.05) is 15.8 Å². The fraction of sp³-hybridized carbons (Fsp3) is 0.182. The maximum Gasteiger partial charge on any atom is 0.446 e. The van der Waals surface area contributed by atoms with E-state index in [1.165, 1.54) is 31.4 Å². The number of hydrogen-bond donors (Lipinski definition) is 1. The Balaban J connectivity index is 2.37. The third-order valence-electron chi connectivity index (χ3n) is 2.23. The number of benzene rings is 1. The number of rotatable bonds is 2. The summed E-state index contributed by atoms with van der Waals surface area (Å²) in [6, 6.07) is 5.67. The fourth-order valence-corrected chi connectivity index (χ4v) is 2.12. The van der Waals surface area contributed by atoms with Crippen LogP contribution in [0.3, 0.4) is 0 Å². The third-order valence-corrected chi connectivity index (χ3v) is 2.95. The van der Waals surface area contributed by atoms with E-state index in [1.54, 1.807) is 0 Å². The summed E-state index contributed by atoms with van der Waals surface area (Å²) >= 11 is -0.191. The lowest BCUT2D eigenvalue weighted by atomic mass is 10.2. The number of fused-ring (bicyclic) bond motifs is 1. The summed E-state index contributed by atoms with van der Waals surface area (Å²) in [6.07, 6.45) is 0. The van der Waals surface area contributed by atoms with Crippen LogP contribution >= 0.6 is 11.8 Å². The first-order valence-corrected chi connectivity index (χ1v) is 5.67. The van der Waals surface area contributed by atoms with Gasteiger partial charge in [0.1, 0.15) is 5.69 Å². The summed E-state index contributed by atoms with van der Waals surface area (Å²) in [5, 5.41) is 0.532. The summed E-state index contributed by atoms with van der Waals surface area (Å²) in [7, 11) is 1.23. The molecule has 2 aromatic rings. The van der Waals surface area contributed by atoms with Crippen LogP contribution in [-0.2, 0) is 4.74 Å². The van der Waals surface area contributed by atoms with Gasteiger partial charge in [-0.2, -0.15) is 13.2 Å². The number of carbonyl (C=O) groups excluding carboxylic acids is 1. The molecule has 0 atom stereocenters. The van der Waals surface area contributed by atoms with Gasteiger partial charge >= 0.3 is 11.5 Å². The first-order valence-electron chi connectivity index (χ1n) is 4.86. The first-order chi connectivity index (χ1) is 8.39. The van der Waals surface area contributed by atoms with Gasteiger partial charge in [-0.3, -0.25) is 0 Å². The van der Waals surface area contributed by atoms with Gasteiger partial charge < -0.3 is 9.72 Å². The van der Waals surface area contributed by atoms with E-state index in [9.17, 15) is 18.0 Å². The van der Waals surface area contributed by atoms with Crippen LogP contribution in [0.4, 0.5) is 13.2 Å². The molecule has 1 N–H and O–H groups in total. The van der Waals surface area contributed by atoms with E-state index >= 15 is 0 Å². The van der Waals surface area contributed by atoms with Gasteiger partial charge in [0.05, 0.1) is 7.11 Å². The molecule has 7 heteroatoms. The Hall–Kier alpha value is -1.63. The first kappa shape index (κ1) is 12.8. The molecule has 96 valence electrons. The number of ether oxygens (including phenoxy) is 1. The number of hydrogen-bond acceptors (Lipinski definition) is 3. The molecule has 1 aromatic heterocycles. The number of alkyl halides is 3. The predicted molar refractivity (Wildman–Crippen MR) is 61.6 cm³/mol. The van der Waals surface area contributed by atoms with Crippen LogP contribution in [0, 0.1) is 0 Å². The van der Waals surface area contributed by atoms with Crippen molar-refractivity contribution in [2.24, 2.45) is 0 Å². The average molecular weight is 275 g/mol. The lowest BCUT2D eigenvalue weighted by Gasteiger charge is -2.04. The maximum atomic E-state index is 12.2. The van der Waals surface area contributed by atoms with Crippen molar-refractivity contribution in [3.8, 4) is 0 Å². The van der Waals surface area contributed by atoms with Crippen molar-refractivity contribution in [1.82, 2.24) is 4.98 Å². The number of aromatic amines is 1. The van der Waals surface area contributed by atoms with E-state index in [0.29, 0.717) is 10.9 Å². The second-order valence-electron chi connectivity index (χ2n) is 3.47. The molecular weight excluding hydrogens is 267 g/mol. The Morgan fingerprint density at radius 1 is 1.33 bits per heavy atom. The minimum Gasteiger partial charge on any atom is -0.464 e. The number of carbonyl (C=O) groups is 1. The zero-order valence-corrected chi connectivity index (χ0v) is 9.98. The van der Waals surface area contributed by atoms with Crippen molar-refractivity contribution in [1.29, 1.82) is 0 Å². The number of nitrogens with one attached hydrogen (secondary N) is 1. The van der Waals surface area contributed by atoms with Gasteiger partial charge in [-0.05, 0) is 36.0 Å². The standard InChI is InChI=1S/C11H8F3NO2S/c1-17-10(16)9-5-6-4-7(18-11(12,13)14)2-3-8(6)15-9/h2-5,15H,1H3. The van der Waals surface area contributed by atoms with Crippen molar-refractivity contribution in [2.75, 3.05) is 7.11 Å². The van der Waals surface area contributed by atoms with E-state index in [1.807, 2.05) is 0 Å². The van der Waals surface area contributed by atoms with E-state index in [4.69, 9.17) is 0 Å². The molecule has 0 unspecified atom stereocenters. The Morgan fingerprint density at radius 3 is 2.67 bits per heavy atom. The molecule has 2 rings (SSSR count). The van der Waals surface area contributed by atoms with Crippen molar-refractivity contribution >= 4 is 28.6 Å². The van der Waals surface area contributed by atoms with Gasteiger partial charge in [0.25, 0.3) is 0 Å². The quantitative estimate of drug-likeness (QED) is 0.673. The van der Waals surface area contributed by atoms with Gasteiger partial charge in [0.2, 0.25) is 0 Å². The lowest BCUT2D eigenvalue weighted by Crippen LogP contribution is -2.00. The molecule has 0 aliphatic carbocycles. The average Bonchev–Trinajstić information content (AvgIpc) is 2.68. The molecule has 0 fully saturated rings. The summed E-state index contributed by atoms with van der Waals surface area (Å²) in [5.41, 5.74) is -3.53. The zero-order chi connectivity index (χ0) is 13.3. The minimum absolute atomic E-state index is 0.0745. The van der Waals surface area contributed by atoms with Gasteiger partial charge in [-0.15, -0.1) is 0 Å². The van der Waals surface area contributed by atoms with Gasteiger partial charge in [0.15, 0.2) is 0 Å². The minimum atomic E-state index is -4.32. The number of thioether (sulfide) groups is 1. The Morgan fingerprint density at radius 2 is 2.06 bits per heavy atom. The van der Waals surface area contributed by atoms with Crippen LogP contribution in [0.1, 0.15) is 10.5 Å². The topological polar surface area (TPSA) is 42.1 Å². The Kier molecular flexibility index (Phi) is 3.25. The number of methoxy groups -OCH3 is 1. The smallest absolute Gasteiger partial charge is 0.446 e. The molecule has 0 amide bonds. The van der Waals surface area contributed by atoms with Crippen molar-refractivity contribution in [3.63, 3.8) is 0 Å². The van der Waals surface area contributed by atoms with E-state index in [-0.39, 0.29) is 22.4 Å². The number of esters is 1. The highest BCUT2D eigenvalue weighted by atomic mass is 32.2. The second-order valence-corrected chi connectivity index (χ2v) is 4.61. The maximum absolute atomic E-state index is 12.2. The SMILES string of the molecule is COC(=O)c1cc2cc(SC(F)(F)F)ccc2[nH]1. The summed E-state index contributed by atoms with van der Waals surface area (Å²) in [6.45, 7) is 0. The molecule has 1 heterocycles. The van der Waals surface area contributed by atoms with Crippen LogP contribution in [0.25, 0.3) is 10.9 Å². The summed E-state index contributed by atoms with van der Waals surface area (Å²) in [5.74, 6) is -0.559. The molecule has 0 aliphatic heterocycles. The molecule has 0 saturated carbocycles. The number of H-pyrrole nitrogens is 1. The lowest BCUT2D eigenvalue weighted by molar-refractivity contribution is -0.0328. The molecule has 0 saturated heterocycles. The highest BCUT2D eigenvalue weighted by molar-refractivity contribution is 8.00. The summed E-state index contributed by atoms with van der Waals surface area (Å²) in [4.78, 5) is 14.1. The Bertz CT molecular complexity index is 591. The van der Waals surface area contributed by atoms with Crippen LogP contribution in [-0.4, -0.2) is 23.6 Å². The molecule has 0 spiro atoms. The van der Waals surface area contributed by atoms with Crippen LogP contribution in [0.2, 0.25) is 0 Å². The zero-order valence-electron chi connectivity index (χ0n) is 9.17. The second kappa shape index (κ2) is 4.56. The van der Waals surface area contributed by atoms with E-state index < -0.39 is 11.5 Å². The largest absolute Gasteiger partial charge is 0.464 e. The third kappa shape index (κ3) is 2.79. The van der Waals surface area contributed by atoms with Crippen molar-refractivity contribution in [3.05, 3.63) is 30.0 Å². The Labute approximate surface area is 104 Å². The van der Waals surface area contributed by atoms with Crippen molar-refractivity contribution < 1.29 is 22.7 Å². The number of aromatic nitrogens is 1. The highest BCUT2D eigenvalue weighted by Crippen LogP contribution is 2.37. The summed E-state index contributed by atoms with van der Waals surface area (Å²) < 4.78 is 41.2. The molecule has 1 aromatic carbocycles. The molecule has 0 bridgehead atoms. The molecule has 18 heavy (non-hydrogen) atoms. The molecule has 3 nitrogen and oxygen atoms in total. The van der Waals surface area contributed by atoms with Crippen LogP contribution in [0.15, 0.2) is 29.2 Å². The molecule has 0 radical (unpaired) electrons. The fourth-order valence-electron chi connectivity index (χ4n) is 1.53. The van der Waals surface area contributed by atoms with Gasteiger partial charge in [-0.1, -0.05) is 0 Å². The molecular formula is C11H8F3NO2S. The number of halogens is 3. The molecule has 0 aliphatic rings. The van der Waals surface area contributed by atoms with Crippen molar-refractivity contribution in [2.45, 2.75) is 10.4 Å². The van der Waals surface area contributed by atoms with E-state index in [0.717, 1.165) is 0 Å². The highest BCUT2D eigenvalue weighted by Gasteiger charge is 2.29. The normalized spacial score (nSPS) is 11.8. The van der Waals surface area contributed by atoms with Crippen LogP contribution in [0.5, 0.6) is 0 Å². The van der Waals surface area contributed by atoms with Crippen LogP contribution < -0.4 is 0 Å².